The lowest BCUT2D eigenvalue weighted by Crippen LogP contribution is -2.13. The number of nitrogens with one attached hydrogen (secondary N) is 2. The first-order valence-electron chi connectivity index (χ1n) is 3.37. The minimum Gasteiger partial charge on any atom is -0.376 e. The Morgan fingerprint density at radius 2 is 2.58 bits per heavy atom. The molecule has 0 radical (unpaired) electrons. The summed E-state index contributed by atoms with van der Waals surface area (Å²) in [6.45, 7) is 0.905. The molecule has 0 spiro atoms. The van der Waals surface area contributed by atoms with Gasteiger partial charge in [-0.15, -0.1) is 5.10 Å². The summed E-state index contributed by atoms with van der Waals surface area (Å²) >= 11 is 0. The van der Waals surface area contributed by atoms with Gasteiger partial charge in [0, 0.05) is 13.1 Å². The highest BCUT2D eigenvalue weighted by atomic mass is 16.6. The van der Waals surface area contributed by atoms with Crippen molar-refractivity contribution >= 4 is 11.5 Å². The second-order valence-corrected chi connectivity index (χ2v) is 2.10. The average Bonchev–Trinajstić information content (AvgIpc) is 2.48. The summed E-state index contributed by atoms with van der Waals surface area (Å²) in [6.07, 6.45) is 1.35. The number of nitro groups is 1. The fraction of sp³-hybridized carbons (Fsp3) is 0.400. The molecule has 0 bridgehead atoms. The maximum absolute atomic E-state index is 10.3. The lowest BCUT2D eigenvalue weighted by Gasteiger charge is -1.99. The van der Waals surface area contributed by atoms with Crippen LogP contribution in [0.4, 0.5) is 11.5 Å². The number of nitrogens with two attached hydrogens (primary N) is 1. The van der Waals surface area contributed by atoms with E-state index in [1.165, 1.54) is 6.20 Å². The molecule has 0 unspecified atom stereocenters. The third-order valence-corrected chi connectivity index (χ3v) is 1.26. The number of anilines is 1. The molecule has 7 nitrogen and oxygen atoms in total. The van der Waals surface area contributed by atoms with Gasteiger partial charge in [-0.2, -0.15) is 0 Å². The van der Waals surface area contributed by atoms with Crippen LogP contribution in [0.25, 0.3) is 0 Å². The molecule has 0 saturated heterocycles. The van der Waals surface area contributed by atoms with Crippen molar-refractivity contribution in [2.45, 2.75) is 0 Å². The number of hydrogen-bond acceptors (Lipinski definition) is 5. The van der Waals surface area contributed by atoms with Crippen molar-refractivity contribution in [3.63, 3.8) is 0 Å². The second-order valence-electron chi connectivity index (χ2n) is 2.10. The molecular formula is C5H9N5O2. The molecule has 0 aliphatic carbocycles. The van der Waals surface area contributed by atoms with Gasteiger partial charge in [0.2, 0.25) is 0 Å². The highest BCUT2D eigenvalue weighted by Gasteiger charge is 2.13. The van der Waals surface area contributed by atoms with Crippen molar-refractivity contribution in [2.24, 2.45) is 5.73 Å². The molecule has 7 heteroatoms. The van der Waals surface area contributed by atoms with Gasteiger partial charge < -0.3 is 21.2 Å². The molecule has 1 heterocycles. The zero-order chi connectivity index (χ0) is 8.97. The number of nitrogens with zero attached hydrogens (tertiary/aromatic N) is 2. The summed E-state index contributed by atoms with van der Waals surface area (Å²) in [7, 11) is 0. The van der Waals surface area contributed by atoms with E-state index in [1.54, 1.807) is 0 Å². The standard InChI is InChI=1S/C5H9N5O2/c6-1-2-7-4-3-8-9-5(4)10(11)12/h3,7H,1-2,6H2,(H,8,9). The van der Waals surface area contributed by atoms with E-state index in [0.717, 1.165) is 0 Å². The van der Waals surface area contributed by atoms with Crippen molar-refractivity contribution < 1.29 is 4.92 Å². The fourth-order valence-corrected chi connectivity index (χ4v) is 0.755. The van der Waals surface area contributed by atoms with Crippen LogP contribution in [0.1, 0.15) is 0 Å². The van der Waals surface area contributed by atoms with Gasteiger partial charge in [-0.1, -0.05) is 5.10 Å². The molecule has 4 N–H and O–H groups in total. The Kier molecular flexibility index (Phi) is 2.59. The fourth-order valence-electron chi connectivity index (χ4n) is 0.755. The second kappa shape index (κ2) is 3.67. The molecule has 1 aromatic rings. The summed E-state index contributed by atoms with van der Waals surface area (Å²) in [5.74, 6) is -0.136. The number of aromatic amines is 1. The number of rotatable bonds is 4. The van der Waals surface area contributed by atoms with E-state index < -0.39 is 4.92 Å². The van der Waals surface area contributed by atoms with Crippen molar-refractivity contribution in [3.8, 4) is 0 Å². The van der Waals surface area contributed by atoms with Crippen LogP contribution in [-0.4, -0.2) is 28.2 Å². The zero-order valence-corrected chi connectivity index (χ0v) is 6.28. The normalized spacial score (nSPS) is 9.75. The van der Waals surface area contributed by atoms with Gasteiger partial charge in [0.25, 0.3) is 0 Å². The molecule has 0 aliphatic heterocycles. The summed E-state index contributed by atoms with van der Waals surface area (Å²) in [6, 6.07) is 0. The molecule has 0 aromatic carbocycles. The Balaban J connectivity index is 2.70. The van der Waals surface area contributed by atoms with Crippen LogP contribution < -0.4 is 11.1 Å². The number of H-pyrrole nitrogens is 1. The van der Waals surface area contributed by atoms with E-state index in [1.807, 2.05) is 0 Å². The van der Waals surface area contributed by atoms with Gasteiger partial charge in [0.15, 0.2) is 5.69 Å². The van der Waals surface area contributed by atoms with Gasteiger partial charge >= 0.3 is 5.82 Å². The molecule has 12 heavy (non-hydrogen) atoms. The molecule has 66 valence electrons. The van der Waals surface area contributed by atoms with Gasteiger partial charge in [0.05, 0.1) is 0 Å². The van der Waals surface area contributed by atoms with E-state index in [-0.39, 0.29) is 5.82 Å². The quantitative estimate of drug-likeness (QED) is 0.425. The van der Waals surface area contributed by atoms with E-state index in [4.69, 9.17) is 5.73 Å². The van der Waals surface area contributed by atoms with Gasteiger partial charge in [0.1, 0.15) is 6.20 Å². The van der Waals surface area contributed by atoms with Crippen LogP contribution >= 0.6 is 0 Å². The van der Waals surface area contributed by atoms with Crippen LogP contribution in [0.15, 0.2) is 6.20 Å². The van der Waals surface area contributed by atoms with Crippen molar-refractivity contribution in [1.82, 2.24) is 10.2 Å². The van der Waals surface area contributed by atoms with E-state index in [2.05, 4.69) is 15.5 Å². The Hall–Kier alpha value is -1.63. The number of hydrogen-bond donors (Lipinski definition) is 3. The Labute approximate surface area is 68.1 Å². The van der Waals surface area contributed by atoms with Crippen LogP contribution in [-0.2, 0) is 0 Å². The van der Waals surface area contributed by atoms with E-state index >= 15 is 0 Å². The van der Waals surface area contributed by atoms with Crippen molar-refractivity contribution in [3.05, 3.63) is 16.3 Å². The molecule has 0 atom stereocenters. The monoisotopic (exact) mass is 171 g/mol. The summed E-state index contributed by atoms with van der Waals surface area (Å²) in [5, 5.41) is 18.9. The molecule has 0 amide bonds. The summed E-state index contributed by atoms with van der Waals surface area (Å²) in [4.78, 5) is 9.77. The molecule has 0 saturated carbocycles. The van der Waals surface area contributed by atoms with Crippen LogP contribution in [0, 0.1) is 10.1 Å². The van der Waals surface area contributed by atoms with Crippen LogP contribution in [0.5, 0.6) is 0 Å². The minimum atomic E-state index is -0.536. The van der Waals surface area contributed by atoms with Gasteiger partial charge in [-0.25, -0.2) is 0 Å². The maximum Gasteiger partial charge on any atom is 0.366 e. The summed E-state index contributed by atoms with van der Waals surface area (Å²) < 4.78 is 0. The van der Waals surface area contributed by atoms with Crippen molar-refractivity contribution in [1.29, 1.82) is 0 Å². The average molecular weight is 171 g/mol. The SMILES string of the molecule is NCCNc1cn[nH]c1[N+](=O)[O-]. The Morgan fingerprint density at radius 1 is 1.83 bits per heavy atom. The zero-order valence-electron chi connectivity index (χ0n) is 6.28. The van der Waals surface area contributed by atoms with E-state index in [9.17, 15) is 10.1 Å². The first-order chi connectivity index (χ1) is 5.75. The molecule has 0 fully saturated rings. The lowest BCUT2D eigenvalue weighted by atomic mass is 10.5. The van der Waals surface area contributed by atoms with Crippen LogP contribution in [0.3, 0.4) is 0 Å². The third-order valence-electron chi connectivity index (χ3n) is 1.26. The lowest BCUT2D eigenvalue weighted by molar-refractivity contribution is -0.388. The molecule has 0 aliphatic rings. The third kappa shape index (κ3) is 1.70. The minimum absolute atomic E-state index is 0.136. The van der Waals surface area contributed by atoms with Gasteiger partial charge in [-0.3, -0.25) is 0 Å². The predicted molar refractivity (Wildman–Crippen MR) is 42.8 cm³/mol. The highest BCUT2D eigenvalue weighted by molar-refractivity contribution is 5.55. The summed E-state index contributed by atoms with van der Waals surface area (Å²) in [5.41, 5.74) is 5.57. The van der Waals surface area contributed by atoms with E-state index in [0.29, 0.717) is 18.8 Å². The molecular weight excluding hydrogens is 162 g/mol. The van der Waals surface area contributed by atoms with Crippen molar-refractivity contribution in [2.75, 3.05) is 18.4 Å². The maximum atomic E-state index is 10.3. The highest BCUT2D eigenvalue weighted by Crippen LogP contribution is 2.18. The first-order valence-corrected chi connectivity index (χ1v) is 3.37. The Morgan fingerprint density at radius 3 is 3.17 bits per heavy atom. The topological polar surface area (TPSA) is 110 Å². The molecule has 1 aromatic heterocycles. The Bertz CT molecular complexity index is 271. The number of aromatic nitrogens is 2. The molecule has 1 rings (SSSR count). The smallest absolute Gasteiger partial charge is 0.366 e. The van der Waals surface area contributed by atoms with Crippen LogP contribution in [0.2, 0.25) is 0 Å². The largest absolute Gasteiger partial charge is 0.376 e. The first kappa shape index (κ1) is 8.47. The van der Waals surface area contributed by atoms with Gasteiger partial charge in [-0.05, 0) is 4.92 Å². The predicted octanol–water partition coefficient (Wildman–Crippen LogP) is -0.312.